The largest absolute Gasteiger partial charge is 0.464 e. The third kappa shape index (κ3) is 4.08. The van der Waals surface area contributed by atoms with Gasteiger partial charge in [-0.15, -0.1) is 0 Å². The molecule has 2 aromatic rings. The van der Waals surface area contributed by atoms with Gasteiger partial charge in [0.25, 0.3) is 5.91 Å². The number of ether oxygens (including phenoxy) is 2. The average Bonchev–Trinajstić information content (AvgIpc) is 2.97. The lowest BCUT2D eigenvalue weighted by Gasteiger charge is -2.17. The molecule has 0 bridgehead atoms. The minimum absolute atomic E-state index is 0.0583. The summed E-state index contributed by atoms with van der Waals surface area (Å²) in [6, 6.07) is 5.74. The van der Waals surface area contributed by atoms with Crippen LogP contribution in [-0.2, 0) is 9.47 Å². The Labute approximate surface area is 130 Å². The molecule has 1 heterocycles. The number of furan rings is 1. The van der Waals surface area contributed by atoms with E-state index in [1.165, 1.54) is 0 Å². The number of hydrogen-bond acceptors (Lipinski definition) is 4. The van der Waals surface area contributed by atoms with Gasteiger partial charge in [0.15, 0.2) is 0 Å². The minimum Gasteiger partial charge on any atom is -0.464 e. The van der Waals surface area contributed by atoms with Crippen LogP contribution >= 0.6 is 0 Å². The van der Waals surface area contributed by atoms with Gasteiger partial charge in [-0.2, -0.15) is 0 Å². The van der Waals surface area contributed by atoms with E-state index in [4.69, 9.17) is 13.9 Å². The van der Waals surface area contributed by atoms with E-state index in [2.05, 4.69) is 0 Å². The highest BCUT2D eigenvalue weighted by Gasteiger charge is 2.17. The number of rotatable bonds is 8. The van der Waals surface area contributed by atoms with Crippen LogP contribution in [0.4, 0.5) is 0 Å². The zero-order chi connectivity index (χ0) is 15.9. The van der Waals surface area contributed by atoms with E-state index >= 15 is 0 Å². The molecule has 0 aliphatic carbocycles. The lowest BCUT2D eigenvalue weighted by atomic mass is 10.1. The predicted molar refractivity (Wildman–Crippen MR) is 85.2 cm³/mol. The Hall–Kier alpha value is -1.85. The molecule has 0 unspecified atom stereocenters. The Morgan fingerprint density at radius 1 is 1.23 bits per heavy atom. The lowest BCUT2D eigenvalue weighted by molar-refractivity contribution is 0.0424. The normalized spacial score (nSPS) is 11.0. The van der Waals surface area contributed by atoms with Crippen molar-refractivity contribution in [1.82, 2.24) is 4.90 Å². The number of fused-ring (bicyclic) bond motifs is 1. The highest BCUT2D eigenvalue weighted by Crippen LogP contribution is 2.23. The van der Waals surface area contributed by atoms with E-state index in [0.29, 0.717) is 44.1 Å². The van der Waals surface area contributed by atoms with E-state index in [9.17, 15) is 4.79 Å². The van der Waals surface area contributed by atoms with Gasteiger partial charge in [0.1, 0.15) is 5.58 Å². The van der Waals surface area contributed by atoms with Crippen molar-refractivity contribution in [2.75, 3.05) is 40.0 Å². The Bertz CT molecular complexity index is 620. The third-order valence-electron chi connectivity index (χ3n) is 3.42. The summed E-state index contributed by atoms with van der Waals surface area (Å²) in [5.41, 5.74) is 2.27. The van der Waals surface area contributed by atoms with Crippen molar-refractivity contribution in [3.8, 4) is 0 Å². The number of carbonyl (C=O) groups excluding carboxylic acids is 1. The van der Waals surface area contributed by atoms with Gasteiger partial charge in [0.05, 0.1) is 31.6 Å². The van der Waals surface area contributed by atoms with Gasteiger partial charge in [-0.3, -0.25) is 4.79 Å². The summed E-state index contributed by atoms with van der Waals surface area (Å²) in [6.45, 7) is 6.75. The van der Waals surface area contributed by atoms with Crippen molar-refractivity contribution in [2.45, 2.75) is 13.8 Å². The molecule has 22 heavy (non-hydrogen) atoms. The van der Waals surface area contributed by atoms with Crippen LogP contribution in [0.15, 0.2) is 28.9 Å². The van der Waals surface area contributed by atoms with Crippen molar-refractivity contribution in [1.29, 1.82) is 0 Å². The Kier molecular flexibility index (Phi) is 5.98. The minimum atomic E-state index is -0.0583. The Balaban J connectivity index is 1.93. The van der Waals surface area contributed by atoms with Gasteiger partial charge in [-0.25, -0.2) is 0 Å². The van der Waals surface area contributed by atoms with Crippen molar-refractivity contribution in [3.05, 3.63) is 35.6 Å². The summed E-state index contributed by atoms with van der Waals surface area (Å²) in [5.74, 6) is -0.0583. The molecule has 1 aromatic heterocycles. The number of benzene rings is 1. The summed E-state index contributed by atoms with van der Waals surface area (Å²) >= 11 is 0. The van der Waals surface area contributed by atoms with Crippen LogP contribution in [0.3, 0.4) is 0 Å². The quantitative estimate of drug-likeness (QED) is 0.704. The summed E-state index contributed by atoms with van der Waals surface area (Å²) in [4.78, 5) is 14.2. The molecule has 5 nitrogen and oxygen atoms in total. The van der Waals surface area contributed by atoms with Crippen LogP contribution in [0.2, 0.25) is 0 Å². The van der Waals surface area contributed by atoms with E-state index in [0.717, 1.165) is 10.9 Å². The number of nitrogens with zero attached hydrogens (tertiary/aromatic N) is 1. The van der Waals surface area contributed by atoms with E-state index < -0.39 is 0 Å². The first kappa shape index (κ1) is 16.5. The maximum absolute atomic E-state index is 12.6. The molecule has 0 aliphatic heterocycles. The number of carbonyl (C=O) groups is 1. The molecule has 0 atom stereocenters. The molecular weight excluding hydrogens is 282 g/mol. The van der Waals surface area contributed by atoms with Gasteiger partial charge >= 0.3 is 0 Å². The van der Waals surface area contributed by atoms with Gasteiger partial charge in [0, 0.05) is 25.6 Å². The fraction of sp³-hybridized carbons (Fsp3) is 0.471. The van der Waals surface area contributed by atoms with E-state index in [-0.39, 0.29) is 5.91 Å². The fourth-order valence-corrected chi connectivity index (χ4v) is 2.26. The molecule has 0 aliphatic rings. The third-order valence-corrected chi connectivity index (χ3v) is 3.42. The zero-order valence-electron chi connectivity index (χ0n) is 13.4. The van der Waals surface area contributed by atoms with Crippen LogP contribution in [0.25, 0.3) is 11.0 Å². The smallest absolute Gasteiger partial charge is 0.257 e. The molecule has 0 N–H and O–H groups in total. The van der Waals surface area contributed by atoms with Gasteiger partial charge < -0.3 is 18.8 Å². The highest BCUT2D eigenvalue weighted by atomic mass is 16.5. The van der Waals surface area contributed by atoms with Crippen molar-refractivity contribution in [3.63, 3.8) is 0 Å². The van der Waals surface area contributed by atoms with Crippen molar-refractivity contribution >= 4 is 16.9 Å². The second kappa shape index (κ2) is 7.96. The molecule has 0 saturated heterocycles. The molecule has 1 aromatic carbocycles. The Morgan fingerprint density at radius 2 is 2.00 bits per heavy atom. The number of aryl methyl sites for hydroxylation is 1. The first-order valence-corrected chi connectivity index (χ1v) is 7.52. The van der Waals surface area contributed by atoms with E-state index in [1.54, 1.807) is 18.2 Å². The van der Waals surface area contributed by atoms with Crippen LogP contribution in [-0.4, -0.2) is 50.8 Å². The predicted octanol–water partition coefficient (Wildman–Crippen LogP) is 2.87. The molecule has 120 valence electrons. The molecule has 0 spiro atoms. The summed E-state index contributed by atoms with van der Waals surface area (Å²) in [7, 11) is 1.77. The van der Waals surface area contributed by atoms with Crippen LogP contribution < -0.4 is 0 Å². The highest BCUT2D eigenvalue weighted by molar-refractivity contribution is 6.05. The standard InChI is InChI=1S/C17H23NO4/c1-4-20-9-10-21-8-6-18(3)17(19)15-12-13(2)11-14-5-7-22-16(14)15/h5,7,11-12H,4,6,8-10H2,1-3H3. The molecule has 1 amide bonds. The lowest BCUT2D eigenvalue weighted by Crippen LogP contribution is -2.30. The van der Waals surface area contributed by atoms with Crippen LogP contribution in [0.5, 0.6) is 0 Å². The summed E-state index contributed by atoms with van der Waals surface area (Å²) < 4.78 is 16.1. The first-order valence-electron chi connectivity index (χ1n) is 7.52. The van der Waals surface area contributed by atoms with Gasteiger partial charge in [-0.1, -0.05) is 0 Å². The molecule has 0 saturated carbocycles. The monoisotopic (exact) mass is 305 g/mol. The SMILES string of the molecule is CCOCCOCCN(C)C(=O)c1cc(C)cc2ccoc12. The van der Waals surface area contributed by atoms with Gasteiger partial charge in [-0.05, 0) is 37.6 Å². The van der Waals surface area contributed by atoms with Crippen molar-refractivity contribution in [2.24, 2.45) is 0 Å². The molecule has 2 rings (SSSR count). The van der Waals surface area contributed by atoms with Crippen LogP contribution in [0.1, 0.15) is 22.8 Å². The number of likely N-dealkylation sites (N-methyl/N-ethyl adjacent to an activating group) is 1. The van der Waals surface area contributed by atoms with Crippen molar-refractivity contribution < 1.29 is 18.7 Å². The topological polar surface area (TPSA) is 51.9 Å². The number of amides is 1. The average molecular weight is 305 g/mol. The maximum atomic E-state index is 12.6. The second-order valence-electron chi connectivity index (χ2n) is 5.19. The molecular formula is C17H23NO4. The fourth-order valence-electron chi connectivity index (χ4n) is 2.26. The maximum Gasteiger partial charge on any atom is 0.257 e. The van der Waals surface area contributed by atoms with Crippen LogP contribution in [0, 0.1) is 6.92 Å². The zero-order valence-corrected chi connectivity index (χ0v) is 13.4. The number of hydrogen-bond donors (Lipinski definition) is 0. The Morgan fingerprint density at radius 3 is 2.77 bits per heavy atom. The molecule has 0 fully saturated rings. The summed E-state index contributed by atoms with van der Waals surface area (Å²) in [6.07, 6.45) is 1.61. The van der Waals surface area contributed by atoms with E-state index in [1.807, 2.05) is 32.0 Å². The molecule has 0 radical (unpaired) electrons. The second-order valence-corrected chi connectivity index (χ2v) is 5.19. The van der Waals surface area contributed by atoms with Gasteiger partial charge in [0.2, 0.25) is 0 Å². The first-order chi connectivity index (χ1) is 10.6. The summed E-state index contributed by atoms with van der Waals surface area (Å²) in [5, 5.41) is 0.949. The molecule has 5 heteroatoms.